The smallest absolute Gasteiger partial charge is 0.0980 e. The van der Waals surface area contributed by atoms with Crippen molar-refractivity contribution in [2.75, 3.05) is 0 Å². The van der Waals surface area contributed by atoms with E-state index in [9.17, 15) is 4.39 Å². The van der Waals surface area contributed by atoms with E-state index in [1.54, 1.807) is 6.08 Å². The van der Waals surface area contributed by atoms with E-state index in [0.29, 0.717) is 19.3 Å². The van der Waals surface area contributed by atoms with Gasteiger partial charge in [0, 0.05) is 18.8 Å². The summed E-state index contributed by atoms with van der Waals surface area (Å²) >= 11 is 0. The molecule has 0 saturated heterocycles. The molecule has 2 unspecified atom stereocenters. The third-order valence-electron chi connectivity index (χ3n) is 2.49. The minimum Gasteiger partial charge on any atom is -0.248 e. The number of nitrogens with zero attached hydrogens (tertiary/aromatic N) is 2. The molecule has 1 aromatic rings. The maximum Gasteiger partial charge on any atom is 0.0980 e. The summed E-state index contributed by atoms with van der Waals surface area (Å²) in [5.41, 5.74) is 1.62. The van der Waals surface area contributed by atoms with Crippen molar-refractivity contribution in [1.82, 2.24) is 10.2 Å². The molecule has 3 heteroatoms. The lowest BCUT2D eigenvalue weighted by Gasteiger charge is -2.13. The lowest BCUT2D eigenvalue weighted by atomic mass is 9.95. The predicted octanol–water partition coefficient (Wildman–Crippen LogP) is 3.06. The molecule has 0 spiro atoms. The quantitative estimate of drug-likeness (QED) is 0.556. The van der Waals surface area contributed by atoms with Gasteiger partial charge < -0.3 is 0 Å². The molecule has 2 nitrogen and oxygen atoms in total. The number of hydrogen-bond donors (Lipinski definition) is 0. The Morgan fingerprint density at radius 3 is 2.76 bits per heavy atom. The van der Waals surface area contributed by atoms with Crippen molar-refractivity contribution in [3.63, 3.8) is 0 Å². The van der Waals surface area contributed by atoms with Gasteiger partial charge in [0.25, 0.3) is 0 Å². The van der Waals surface area contributed by atoms with Gasteiger partial charge in [-0.15, -0.1) is 18.9 Å². The second kappa shape index (κ2) is 6.80. The van der Waals surface area contributed by atoms with Crippen molar-refractivity contribution in [2.45, 2.75) is 38.3 Å². The summed E-state index contributed by atoms with van der Waals surface area (Å²) in [4.78, 5) is 0. The summed E-state index contributed by atoms with van der Waals surface area (Å²) in [6.45, 7) is 5.17. The van der Waals surface area contributed by atoms with E-state index < -0.39 is 6.17 Å². The fraction of sp³-hybridized carbons (Fsp3) is 0.429. The van der Waals surface area contributed by atoms with E-state index >= 15 is 0 Å². The van der Waals surface area contributed by atoms with E-state index in [1.807, 2.05) is 12.1 Å². The minimum atomic E-state index is -0.886. The number of allylic oxidation sites excluding steroid dienone is 1. The molecule has 1 aromatic heterocycles. The highest BCUT2D eigenvalue weighted by Crippen LogP contribution is 2.23. The van der Waals surface area contributed by atoms with Crippen LogP contribution in [0.4, 0.5) is 4.39 Å². The number of alkyl halides is 1. The summed E-state index contributed by atoms with van der Waals surface area (Å²) in [5, 5.41) is 8.18. The Morgan fingerprint density at radius 2 is 2.29 bits per heavy atom. The molecule has 0 aliphatic heterocycles. The van der Waals surface area contributed by atoms with Crippen molar-refractivity contribution in [3.05, 3.63) is 36.2 Å². The van der Waals surface area contributed by atoms with Gasteiger partial charge >= 0.3 is 0 Å². The Bertz CT molecular complexity index is 390. The minimum absolute atomic E-state index is 0.0507. The SMILES string of the molecule is C#CCC(CC(C)F)c1ccc(CC=C)nn1. The zero-order valence-electron chi connectivity index (χ0n) is 10.1. The molecule has 1 rings (SSSR count). The van der Waals surface area contributed by atoms with Crippen molar-refractivity contribution < 1.29 is 4.39 Å². The highest BCUT2D eigenvalue weighted by Gasteiger charge is 2.16. The first kappa shape index (κ1) is 13.4. The summed E-state index contributed by atoms with van der Waals surface area (Å²) in [6.07, 6.45) is 7.74. The van der Waals surface area contributed by atoms with Crippen LogP contribution in [-0.4, -0.2) is 16.4 Å². The standard InChI is InChI=1S/C14H17FN2/c1-4-6-12(10-11(3)15)14-9-8-13(7-5-2)16-17-14/h1,5,8-9,11-12H,2,6-7,10H2,3H3. The van der Waals surface area contributed by atoms with Gasteiger partial charge in [-0.25, -0.2) is 4.39 Å². The Hall–Kier alpha value is -1.69. The van der Waals surface area contributed by atoms with Crippen molar-refractivity contribution in [3.8, 4) is 12.3 Å². The summed E-state index contributed by atoms with van der Waals surface area (Å²) < 4.78 is 13.0. The zero-order chi connectivity index (χ0) is 12.7. The van der Waals surface area contributed by atoms with Gasteiger partial charge in [0.15, 0.2) is 0 Å². The molecule has 1 heterocycles. The van der Waals surface area contributed by atoms with Crippen LogP contribution in [0, 0.1) is 12.3 Å². The number of halogens is 1. The molecule has 0 amide bonds. The van der Waals surface area contributed by atoms with Gasteiger partial charge in [-0.2, -0.15) is 10.2 Å². The Morgan fingerprint density at radius 1 is 1.53 bits per heavy atom. The maximum atomic E-state index is 13.0. The average molecular weight is 232 g/mol. The van der Waals surface area contributed by atoms with Crippen LogP contribution in [0.1, 0.15) is 37.1 Å². The first-order valence-electron chi connectivity index (χ1n) is 5.68. The van der Waals surface area contributed by atoms with Gasteiger partial charge in [-0.1, -0.05) is 6.08 Å². The fourth-order valence-corrected chi connectivity index (χ4v) is 1.69. The summed E-state index contributed by atoms with van der Waals surface area (Å²) in [5.74, 6) is 2.51. The topological polar surface area (TPSA) is 25.8 Å². The monoisotopic (exact) mass is 232 g/mol. The first-order valence-corrected chi connectivity index (χ1v) is 5.68. The number of hydrogen-bond acceptors (Lipinski definition) is 2. The van der Waals surface area contributed by atoms with Crippen LogP contribution < -0.4 is 0 Å². The summed E-state index contributed by atoms with van der Waals surface area (Å²) in [7, 11) is 0. The zero-order valence-corrected chi connectivity index (χ0v) is 10.1. The molecule has 0 aromatic carbocycles. The molecule has 0 radical (unpaired) electrons. The molecule has 0 bridgehead atoms. The maximum absolute atomic E-state index is 13.0. The molecule has 0 N–H and O–H groups in total. The fourth-order valence-electron chi connectivity index (χ4n) is 1.69. The van der Waals surface area contributed by atoms with Crippen LogP contribution in [0.5, 0.6) is 0 Å². The Balaban J connectivity index is 2.80. The predicted molar refractivity (Wildman–Crippen MR) is 67.3 cm³/mol. The molecule has 2 atom stereocenters. The van der Waals surface area contributed by atoms with Crippen LogP contribution in [0.3, 0.4) is 0 Å². The van der Waals surface area contributed by atoms with Crippen molar-refractivity contribution in [2.24, 2.45) is 0 Å². The second-order valence-electron chi connectivity index (χ2n) is 4.06. The van der Waals surface area contributed by atoms with E-state index in [4.69, 9.17) is 6.42 Å². The van der Waals surface area contributed by atoms with Crippen LogP contribution in [0.25, 0.3) is 0 Å². The molecule has 0 fully saturated rings. The normalized spacial score (nSPS) is 13.7. The third-order valence-corrected chi connectivity index (χ3v) is 2.49. The van der Waals surface area contributed by atoms with Crippen LogP contribution in [0.2, 0.25) is 0 Å². The van der Waals surface area contributed by atoms with Crippen LogP contribution >= 0.6 is 0 Å². The molecule has 17 heavy (non-hydrogen) atoms. The molecule has 0 saturated carbocycles. The second-order valence-corrected chi connectivity index (χ2v) is 4.06. The van der Waals surface area contributed by atoms with Gasteiger partial charge in [-0.3, -0.25) is 0 Å². The summed E-state index contributed by atoms with van der Waals surface area (Å²) in [6, 6.07) is 3.76. The number of terminal acetylenes is 1. The lowest BCUT2D eigenvalue weighted by Crippen LogP contribution is -2.08. The molecule has 0 aliphatic rings. The van der Waals surface area contributed by atoms with Gasteiger partial charge in [0.05, 0.1) is 17.6 Å². The molecule has 90 valence electrons. The van der Waals surface area contributed by atoms with E-state index in [1.165, 1.54) is 6.92 Å². The largest absolute Gasteiger partial charge is 0.248 e. The Labute approximate surface area is 102 Å². The van der Waals surface area contributed by atoms with Gasteiger partial charge in [0.2, 0.25) is 0 Å². The van der Waals surface area contributed by atoms with Crippen molar-refractivity contribution in [1.29, 1.82) is 0 Å². The first-order chi connectivity index (χ1) is 8.17. The van der Waals surface area contributed by atoms with Crippen LogP contribution in [-0.2, 0) is 6.42 Å². The Kier molecular flexibility index (Phi) is 5.35. The van der Waals surface area contributed by atoms with E-state index in [2.05, 4.69) is 22.7 Å². The molecular weight excluding hydrogens is 215 g/mol. The van der Waals surface area contributed by atoms with Crippen LogP contribution in [0.15, 0.2) is 24.8 Å². The van der Waals surface area contributed by atoms with E-state index in [0.717, 1.165) is 11.4 Å². The highest BCUT2D eigenvalue weighted by molar-refractivity contribution is 5.14. The molecule has 0 aliphatic carbocycles. The highest BCUT2D eigenvalue weighted by atomic mass is 19.1. The van der Waals surface area contributed by atoms with Gasteiger partial charge in [-0.05, 0) is 25.5 Å². The number of rotatable bonds is 6. The lowest BCUT2D eigenvalue weighted by molar-refractivity contribution is 0.317. The number of aromatic nitrogens is 2. The van der Waals surface area contributed by atoms with E-state index in [-0.39, 0.29) is 5.92 Å². The molecular formula is C14H17FN2. The average Bonchev–Trinajstić information content (AvgIpc) is 2.29. The van der Waals surface area contributed by atoms with Crippen molar-refractivity contribution >= 4 is 0 Å². The van der Waals surface area contributed by atoms with Gasteiger partial charge in [0.1, 0.15) is 0 Å². The third kappa shape index (κ3) is 4.36.